The highest BCUT2D eigenvalue weighted by molar-refractivity contribution is 6.30. The SMILES string of the molecule is Cc1cc(Cl)ccc1NC(=O)c1nc(C(=O)N2CCCCC2)c2ccccn12. The Labute approximate surface area is 168 Å². The Kier molecular flexibility index (Phi) is 5.05. The summed E-state index contributed by atoms with van der Waals surface area (Å²) in [5, 5.41) is 3.48. The number of halogens is 1. The van der Waals surface area contributed by atoms with Crippen LogP contribution in [0.25, 0.3) is 5.52 Å². The molecule has 3 aromatic rings. The number of fused-ring (bicyclic) bond motifs is 1. The highest BCUT2D eigenvalue weighted by atomic mass is 35.5. The Morgan fingerprint density at radius 2 is 1.89 bits per heavy atom. The van der Waals surface area contributed by atoms with Crippen molar-refractivity contribution in [1.82, 2.24) is 14.3 Å². The van der Waals surface area contributed by atoms with E-state index in [4.69, 9.17) is 11.6 Å². The van der Waals surface area contributed by atoms with E-state index in [0.29, 0.717) is 21.9 Å². The fraction of sp³-hybridized carbons (Fsp3) is 0.286. The van der Waals surface area contributed by atoms with Gasteiger partial charge in [-0.2, -0.15) is 0 Å². The van der Waals surface area contributed by atoms with Gasteiger partial charge in [0.1, 0.15) is 0 Å². The number of piperidine rings is 1. The van der Waals surface area contributed by atoms with Crippen LogP contribution < -0.4 is 5.32 Å². The van der Waals surface area contributed by atoms with Crippen molar-refractivity contribution in [3.8, 4) is 0 Å². The van der Waals surface area contributed by atoms with Gasteiger partial charge in [0.05, 0.1) is 5.52 Å². The topological polar surface area (TPSA) is 66.7 Å². The number of benzene rings is 1. The van der Waals surface area contributed by atoms with Crippen LogP contribution in [0.2, 0.25) is 5.02 Å². The standard InChI is InChI=1S/C21H21ClN4O2/c1-14-13-15(22)8-9-16(14)23-20(27)19-24-18(17-7-3-6-12-26(17)19)21(28)25-10-4-2-5-11-25/h3,6-9,12-13H,2,4-5,10-11H2,1H3,(H,23,27). The molecule has 0 atom stereocenters. The fourth-order valence-electron chi connectivity index (χ4n) is 3.55. The second-order valence-corrected chi connectivity index (χ2v) is 7.44. The van der Waals surface area contributed by atoms with Gasteiger partial charge in [-0.25, -0.2) is 4.98 Å². The lowest BCUT2D eigenvalue weighted by Gasteiger charge is -2.25. The third-order valence-electron chi connectivity index (χ3n) is 5.03. The molecule has 1 aliphatic heterocycles. The minimum Gasteiger partial charge on any atom is -0.337 e. The minimum atomic E-state index is -0.371. The number of likely N-dealkylation sites (tertiary alicyclic amines) is 1. The van der Waals surface area contributed by atoms with Crippen molar-refractivity contribution in [2.45, 2.75) is 26.2 Å². The predicted octanol–water partition coefficient (Wildman–Crippen LogP) is 4.17. The molecule has 28 heavy (non-hydrogen) atoms. The van der Waals surface area contributed by atoms with E-state index in [1.165, 1.54) is 0 Å². The lowest BCUT2D eigenvalue weighted by Crippen LogP contribution is -2.36. The summed E-state index contributed by atoms with van der Waals surface area (Å²) in [6, 6.07) is 10.7. The van der Waals surface area contributed by atoms with Crippen molar-refractivity contribution in [1.29, 1.82) is 0 Å². The van der Waals surface area contributed by atoms with Gasteiger partial charge in [-0.1, -0.05) is 17.7 Å². The number of imidazole rings is 1. The van der Waals surface area contributed by atoms with Crippen molar-refractivity contribution in [3.63, 3.8) is 0 Å². The Hall–Kier alpha value is -2.86. The summed E-state index contributed by atoms with van der Waals surface area (Å²) >= 11 is 5.99. The van der Waals surface area contributed by atoms with Crippen LogP contribution in [0.5, 0.6) is 0 Å². The summed E-state index contributed by atoms with van der Waals surface area (Å²) < 4.78 is 1.66. The van der Waals surface area contributed by atoms with Crippen LogP contribution in [0.15, 0.2) is 42.6 Å². The molecule has 0 unspecified atom stereocenters. The average Bonchev–Trinajstić information content (AvgIpc) is 3.10. The zero-order chi connectivity index (χ0) is 19.7. The first kappa shape index (κ1) is 18.5. The second-order valence-electron chi connectivity index (χ2n) is 7.01. The van der Waals surface area contributed by atoms with E-state index in [9.17, 15) is 9.59 Å². The first-order chi connectivity index (χ1) is 13.5. The summed E-state index contributed by atoms with van der Waals surface area (Å²) in [4.78, 5) is 32.2. The molecule has 1 saturated heterocycles. The van der Waals surface area contributed by atoms with E-state index in [1.54, 1.807) is 28.8 Å². The molecule has 0 saturated carbocycles. The van der Waals surface area contributed by atoms with Gasteiger partial charge in [0.25, 0.3) is 11.8 Å². The minimum absolute atomic E-state index is 0.120. The molecular weight excluding hydrogens is 376 g/mol. The molecule has 144 valence electrons. The van der Waals surface area contributed by atoms with Crippen LogP contribution in [-0.4, -0.2) is 39.2 Å². The number of carbonyl (C=O) groups is 2. The van der Waals surface area contributed by atoms with Gasteiger partial charge in [-0.3, -0.25) is 14.0 Å². The van der Waals surface area contributed by atoms with Gasteiger partial charge in [0, 0.05) is 30.0 Å². The van der Waals surface area contributed by atoms with Gasteiger partial charge in [0.2, 0.25) is 5.82 Å². The molecule has 0 radical (unpaired) electrons. The van der Waals surface area contributed by atoms with Crippen LogP contribution in [0.3, 0.4) is 0 Å². The lowest BCUT2D eigenvalue weighted by atomic mass is 10.1. The van der Waals surface area contributed by atoms with Gasteiger partial charge in [0.15, 0.2) is 5.69 Å². The Morgan fingerprint density at radius 1 is 1.11 bits per heavy atom. The molecule has 1 aromatic carbocycles. The molecule has 2 aromatic heterocycles. The average molecular weight is 397 g/mol. The highest BCUT2D eigenvalue weighted by Crippen LogP contribution is 2.22. The normalized spacial score (nSPS) is 14.3. The van der Waals surface area contributed by atoms with E-state index in [-0.39, 0.29) is 17.6 Å². The van der Waals surface area contributed by atoms with E-state index in [0.717, 1.165) is 37.9 Å². The number of hydrogen-bond acceptors (Lipinski definition) is 3. The number of aromatic nitrogens is 2. The van der Waals surface area contributed by atoms with Gasteiger partial charge >= 0.3 is 0 Å². The Bertz CT molecular complexity index is 1050. The zero-order valence-electron chi connectivity index (χ0n) is 15.6. The summed E-state index contributed by atoms with van der Waals surface area (Å²) in [6.07, 6.45) is 4.89. The molecule has 3 heterocycles. The number of amides is 2. The summed E-state index contributed by atoms with van der Waals surface area (Å²) in [7, 11) is 0. The number of anilines is 1. The molecular formula is C21H21ClN4O2. The summed E-state index contributed by atoms with van der Waals surface area (Å²) in [5.41, 5.74) is 2.47. The lowest BCUT2D eigenvalue weighted by molar-refractivity contribution is 0.0721. The maximum Gasteiger partial charge on any atom is 0.292 e. The number of pyridine rings is 1. The monoisotopic (exact) mass is 396 g/mol. The Morgan fingerprint density at radius 3 is 2.64 bits per heavy atom. The fourth-order valence-corrected chi connectivity index (χ4v) is 3.77. The van der Waals surface area contributed by atoms with Crippen LogP contribution in [0.4, 0.5) is 5.69 Å². The molecule has 1 aliphatic rings. The van der Waals surface area contributed by atoms with E-state index in [2.05, 4.69) is 10.3 Å². The van der Waals surface area contributed by atoms with Gasteiger partial charge < -0.3 is 10.2 Å². The highest BCUT2D eigenvalue weighted by Gasteiger charge is 2.26. The van der Waals surface area contributed by atoms with Crippen LogP contribution in [-0.2, 0) is 0 Å². The van der Waals surface area contributed by atoms with E-state index < -0.39 is 0 Å². The number of carbonyl (C=O) groups excluding carboxylic acids is 2. The van der Waals surface area contributed by atoms with Crippen molar-refractivity contribution >= 4 is 34.6 Å². The molecule has 7 heteroatoms. The smallest absolute Gasteiger partial charge is 0.292 e. The molecule has 1 fully saturated rings. The quantitative estimate of drug-likeness (QED) is 0.722. The van der Waals surface area contributed by atoms with E-state index in [1.807, 2.05) is 30.0 Å². The number of hydrogen-bond donors (Lipinski definition) is 1. The first-order valence-electron chi connectivity index (χ1n) is 9.38. The molecule has 0 bridgehead atoms. The van der Waals surface area contributed by atoms with Crippen LogP contribution in [0.1, 0.15) is 45.9 Å². The summed E-state index contributed by atoms with van der Waals surface area (Å²) in [6.45, 7) is 3.34. The Balaban J connectivity index is 1.69. The molecule has 2 amide bonds. The van der Waals surface area contributed by atoms with Crippen LogP contribution in [0, 0.1) is 6.92 Å². The predicted molar refractivity (Wildman–Crippen MR) is 109 cm³/mol. The number of aryl methyl sites for hydroxylation is 1. The zero-order valence-corrected chi connectivity index (χ0v) is 16.4. The second kappa shape index (κ2) is 7.64. The van der Waals surface area contributed by atoms with Gasteiger partial charge in [-0.15, -0.1) is 0 Å². The number of nitrogens with zero attached hydrogens (tertiary/aromatic N) is 3. The molecule has 4 rings (SSSR count). The number of rotatable bonds is 3. The molecule has 6 nitrogen and oxygen atoms in total. The van der Waals surface area contributed by atoms with Crippen molar-refractivity contribution in [2.24, 2.45) is 0 Å². The van der Waals surface area contributed by atoms with Crippen LogP contribution >= 0.6 is 11.6 Å². The number of nitrogens with one attached hydrogen (secondary N) is 1. The van der Waals surface area contributed by atoms with Crippen molar-refractivity contribution < 1.29 is 9.59 Å². The maximum atomic E-state index is 13.0. The van der Waals surface area contributed by atoms with Gasteiger partial charge in [-0.05, 0) is 62.1 Å². The third kappa shape index (κ3) is 3.47. The largest absolute Gasteiger partial charge is 0.337 e. The summed E-state index contributed by atoms with van der Waals surface area (Å²) in [5.74, 6) is -0.306. The maximum absolute atomic E-state index is 13.0. The molecule has 0 aliphatic carbocycles. The molecule has 1 N–H and O–H groups in total. The molecule has 0 spiro atoms. The van der Waals surface area contributed by atoms with E-state index >= 15 is 0 Å². The van der Waals surface area contributed by atoms with Crippen molar-refractivity contribution in [3.05, 3.63) is 64.7 Å². The first-order valence-corrected chi connectivity index (χ1v) is 9.76. The van der Waals surface area contributed by atoms with Crippen molar-refractivity contribution in [2.75, 3.05) is 18.4 Å². The third-order valence-corrected chi connectivity index (χ3v) is 5.27.